The molecule has 6 rings (SSSR count). The first kappa shape index (κ1) is 22.7. The highest BCUT2D eigenvalue weighted by atomic mass is 15.2. The van der Waals surface area contributed by atoms with Crippen molar-refractivity contribution < 1.29 is 0 Å². The summed E-state index contributed by atoms with van der Waals surface area (Å²) < 4.78 is 1.94. The predicted octanol–water partition coefficient (Wildman–Crippen LogP) is 4.87. The molecule has 184 valence electrons. The molecule has 3 aromatic heterocycles. The van der Waals surface area contributed by atoms with Crippen LogP contribution < -0.4 is 0 Å². The minimum atomic E-state index is 0.644. The van der Waals surface area contributed by atoms with Crippen molar-refractivity contribution in [3.8, 4) is 11.4 Å². The molecule has 4 aromatic rings. The standard InChI is InChI=1S/C28H37N7/c1-18(2)34-13-9-22(10-14-34)35-11-7-20(8-12-35)21-5-6-24-23(15-21)19(3)25(32-24)26-27-28(30-16-29-26)33(4)17-31-27/h5-6,15-18,20,22,32H,7-14H2,1-4H3. The zero-order chi connectivity index (χ0) is 24.1. The van der Waals surface area contributed by atoms with Crippen LogP contribution in [0.3, 0.4) is 0 Å². The number of benzene rings is 1. The van der Waals surface area contributed by atoms with Gasteiger partial charge in [-0.05, 0) is 102 Å². The summed E-state index contributed by atoms with van der Waals surface area (Å²) in [6.07, 6.45) is 8.61. The van der Waals surface area contributed by atoms with E-state index in [1.54, 1.807) is 12.7 Å². The number of hydrogen-bond donors (Lipinski definition) is 1. The lowest BCUT2D eigenvalue weighted by Gasteiger charge is -2.42. The van der Waals surface area contributed by atoms with E-state index in [0.29, 0.717) is 12.0 Å². The van der Waals surface area contributed by atoms with Crippen LogP contribution in [-0.4, -0.2) is 72.6 Å². The number of fused-ring (bicyclic) bond motifs is 2. The van der Waals surface area contributed by atoms with Gasteiger partial charge >= 0.3 is 0 Å². The Morgan fingerprint density at radius 1 is 0.971 bits per heavy atom. The average Bonchev–Trinajstić information content (AvgIpc) is 3.43. The molecule has 0 saturated carbocycles. The summed E-state index contributed by atoms with van der Waals surface area (Å²) in [5, 5.41) is 1.30. The van der Waals surface area contributed by atoms with Crippen LogP contribution in [0.5, 0.6) is 0 Å². The Kier molecular flexibility index (Phi) is 5.85. The quantitative estimate of drug-likeness (QED) is 0.460. The first-order chi connectivity index (χ1) is 17.0. The zero-order valence-electron chi connectivity index (χ0n) is 21.5. The number of aryl methyl sites for hydroxylation is 2. The van der Waals surface area contributed by atoms with Crippen molar-refractivity contribution in [2.24, 2.45) is 7.05 Å². The van der Waals surface area contributed by atoms with Crippen LogP contribution in [0.15, 0.2) is 30.9 Å². The zero-order valence-corrected chi connectivity index (χ0v) is 21.5. The monoisotopic (exact) mass is 471 g/mol. The average molecular weight is 472 g/mol. The number of likely N-dealkylation sites (tertiary alicyclic amines) is 2. The lowest BCUT2D eigenvalue weighted by atomic mass is 9.87. The van der Waals surface area contributed by atoms with Crippen molar-refractivity contribution >= 4 is 22.1 Å². The van der Waals surface area contributed by atoms with E-state index in [0.717, 1.165) is 28.6 Å². The molecule has 0 spiro atoms. The fourth-order valence-corrected chi connectivity index (χ4v) is 6.33. The van der Waals surface area contributed by atoms with Crippen molar-refractivity contribution in [2.45, 2.75) is 64.5 Å². The van der Waals surface area contributed by atoms with Crippen LogP contribution in [0.25, 0.3) is 33.5 Å². The summed E-state index contributed by atoms with van der Waals surface area (Å²) in [7, 11) is 1.97. The summed E-state index contributed by atoms with van der Waals surface area (Å²) in [6, 6.07) is 8.46. The smallest absolute Gasteiger partial charge is 0.163 e. The van der Waals surface area contributed by atoms with E-state index >= 15 is 0 Å². The first-order valence-electron chi connectivity index (χ1n) is 13.2. The molecule has 1 N–H and O–H groups in total. The minimum Gasteiger partial charge on any atom is -0.353 e. The van der Waals surface area contributed by atoms with Gasteiger partial charge in [0.05, 0.1) is 12.0 Å². The Bertz CT molecular complexity index is 1330. The summed E-state index contributed by atoms with van der Waals surface area (Å²) in [5.41, 5.74) is 7.51. The van der Waals surface area contributed by atoms with E-state index in [9.17, 15) is 0 Å². The van der Waals surface area contributed by atoms with Gasteiger partial charge < -0.3 is 19.4 Å². The topological polar surface area (TPSA) is 65.9 Å². The van der Waals surface area contributed by atoms with Gasteiger partial charge in [0.2, 0.25) is 0 Å². The lowest BCUT2D eigenvalue weighted by Crippen LogP contribution is -2.48. The predicted molar refractivity (Wildman–Crippen MR) is 142 cm³/mol. The van der Waals surface area contributed by atoms with Gasteiger partial charge in [-0.1, -0.05) is 6.07 Å². The second-order valence-electron chi connectivity index (χ2n) is 10.9. The number of H-pyrrole nitrogens is 1. The minimum absolute atomic E-state index is 0.644. The van der Waals surface area contributed by atoms with Crippen molar-refractivity contribution in [2.75, 3.05) is 26.2 Å². The largest absolute Gasteiger partial charge is 0.353 e. The van der Waals surface area contributed by atoms with Crippen LogP contribution >= 0.6 is 0 Å². The Hall–Kier alpha value is -2.77. The van der Waals surface area contributed by atoms with E-state index in [1.807, 2.05) is 11.6 Å². The molecule has 0 bridgehead atoms. The second kappa shape index (κ2) is 9.03. The molecule has 0 unspecified atom stereocenters. The maximum absolute atomic E-state index is 4.60. The number of rotatable bonds is 4. The number of aromatic amines is 1. The van der Waals surface area contributed by atoms with Gasteiger partial charge in [0.25, 0.3) is 0 Å². The molecule has 2 fully saturated rings. The molecule has 0 amide bonds. The maximum Gasteiger partial charge on any atom is 0.163 e. The van der Waals surface area contributed by atoms with Crippen molar-refractivity contribution in [1.29, 1.82) is 0 Å². The number of imidazole rings is 1. The third-order valence-electron chi connectivity index (χ3n) is 8.56. The van der Waals surface area contributed by atoms with Crippen LogP contribution in [0.1, 0.15) is 56.6 Å². The normalized spacial score (nSPS) is 19.5. The molecule has 5 heterocycles. The summed E-state index contributed by atoms with van der Waals surface area (Å²) in [6.45, 7) is 11.8. The fourth-order valence-electron chi connectivity index (χ4n) is 6.33. The molecular formula is C28H37N7. The Morgan fingerprint density at radius 2 is 1.74 bits per heavy atom. The number of piperidine rings is 2. The van der Waals surface area contributed by atoms with Gasteiger partial charge in [0.15, 0.2) is 5.65 Å². The van der Waals surface area contributed by atoms with Crippen LogP contribution in [0, 0.1) is 6.92 Å². The van der Waals surface area contributed by atoms with Crippen molar-refractivity contribution in [1.82, 2.24) is 34.3 Å². The van der Waals surface area contributed by atoms with Crippen LogP contribution in [0.2, 0.25) is 0 Å². The molecule has 0 atom stereocenters. The Labute approximate surface area is 207 Å². The molecule has 0 radical (unpaired) electrons. The second-order valence-corrected chi connectivity index (χ2v) is 10.9. The third kappa shape index (κ3) is 4.04. The first-order valence-corrected chi connectivity index (χ1v) is 13.2. The highest BCUT2D eigenvalue weighted by Crippen LogP contribution is 2.36. The van der Waals surface area contributed by atoms with Crippen molar-refractivity contribution in [3.05, 3.63) is 42.0 Å². The summed E-state index contributed by atoms with van der Waals surface area (Å²) in [4.78, 5) is 22.6. The molecule has 1 aromatic carbocycles. The van der Waals surface area contributed by atoms with Gasteiger partial charge in [0.1, 0.15) is 17.5 Å². The maximum atomic E-state index is 4.60. The van der Waals surface area contributed by atoms with E-state index in [1.165, 1.54) is 73.9 Å². The summed E-state index contributed by atoms with van der Waals surface area (Å²) in [5.74, 6) is 0.644. The molecule has 2 saturated heterocycles. The molecule has 7 heteroatoms. The van der Waals surface area contributed by atoms with Gasteiger partial charge in [-0.25, -0.2) is 15.0 Å². The van der Waals surface area contributed by atoms with Crippen LogP contribution in [-0.2, 0) is 7.05 Å². The Morgan fingerprint density at radius 3 is 2.49 bits per heavy atom. The Balaban J connectivity index is 1.19. The molecule has 0 aliphatic carbocycles. The molecule has 2 aliphatic heterocycles. The van der Waals surface area contributed by atoms with E-state index < -0.39 is 0 Å². The van der Waals surface area contributed by atoms with Gasteiger partial charge in [-0.2, -0.15) is 0 Å². The van der Waals surface area contributed by atoms with E-state index in [-0.39, 0.29) is 0 Å². The van der Waals surface area contributed by atoms with Gasteiger partial charge in [0, 0.05) is 30.0 Å². The van der Waals surface area contributed by atoms with Gasteiger partial charge in [-0.15, -0.1) is 0 Å². The van der Waals surface area contributed by atoms with E-state index in [2.05, 4.69) is 68.7 Å². The third-order valence-corrected chi connectivity index (χ3v) is 8.56. The van der Waals surface area contributed by atoms with Crippen molar-refractivity contribution in [3.63, 3.8) is 0 Å². The number of hydrogen-bond acceptors (Lipinski definition) is 5. The fraction of sp³-hybridized carbons (Fsp3) is 0.536. The van der Waals surface area contributed by atoms with E-state index in [4.69, 9.17) is 0 Å². The molecule has 35 heavy (non-hydrogen) atoms. The number of nitrogens with zero attached hydrogens (tertiary/aromatic N) is 6. The SMILES string of the molecule is Cc1c(-c2ncnc3c2ncn3C)[nH]c2ccc(C3CCN(C4CCN(C(C)C)CC4)CC3)cc12. The van der Waals surface area contributed by atoms with Crippen LogP contribution in [0.4, 0.5) is 0 Å². The summed E-state index contributed by atoms with van der Waals surface area (Å²) >= 11 is 0. The lowest BCUT2D eigenvalue weighted by molar-refractivity contribution is 0.0753. The van der Waals surface area contributed by atoms with Gasteiger partial charge in [-0.3, -0.25) is 0 Å². The highest BCUT2D eigenvalue weighted by Gasteiger charge is 2.29. The number of aromatic nitrogens is 5. The molecular weight excluding hydrogens is 434 g/mol. The molecule has 7 nitrogen and oxygen atoms in total. The highest BCUT2D eigenvalue weighted by molar-refractivity contribution is 5.95. The molecule has 2 aliphatic rings. The number of nitrogens with one attached hydrogen (secondary N) is 1.